The van der Waals surface area contributed by atoms with Gasteiger partial charge in [-0.25, -0.2) is 0 Å². The van der Waals surface area contributed by atoms with Gasteiger partial charge in [-0.3, -0.25) is 0 Å². The van der Waals surface area contributed by atoms with Crippen LogP contribution in [-0.4, -0.2) is 5.51 Å². The summed E-state index contributed by atoms with van der Waals surface area (Å²) in [6.07, 6.45) is 0.812. The zero-order valence-corrected chi connectivity index (χ0v) is 10.4. The number of anilines is 1. The smallest absolute Gasteiger partial charge is 0.323 e. The van der Waals surface area contributed by atoms with Gasteiger partial charge in [-0.05, 0) is 24.1 Å². The second-order valence-electron chi connectivity index (χ2n) is 2.70. The summed E-state index contributed by atoms with van der Waals surface area (Å²) in [6, 6.07) is 6.93. The van der Waals surface area contributed by atoms with Crippen LogP contribution >= 0.6 is 11.9 Å². The van der Waals surface area contributed by atoms with Gasteiger partial charge in [-0.2, -0.15) is 13.2 Å². The number of hydrogen-bond acceptors (Lipinski definition) is 2. The van der Waals surface area contributed by atoms with E-state index in [9.17, 15) is 13.2 Å². The Bertz CT molecular complexity index is 300. The number of benzene rings is 1. The van der Waals surface area contributed by atoms with Gasteiger partial charge in [0.05, 0.1) is 11.9 Å². The fraction of sp³-hybridized carbons (Fsp3) is 0.455. The third-order valence-electron chi connectivity index (χ3n) is 1.62. The fourth-order valence-corrected chi connectivity index (χ4v) is 1.33. The van der Waals surface area contributed by atoms with Crippen LogP contribution < -0.4 is 4.72 Å². The molecule has 0 saturated carbocycles. The van der Waals surface area contributed by atoms with Crippen molar-refractivity contribution in [2.75, 3.05) is 4.72 Å². The van der Waals surface area contributed by atoms with Crippen molar-refractivity contribution in [2.24, 2.45) is 0 Å². The molecule has 1 aromatic carbocycles. The topological polar surface area (TPSA) is 12.0 Å². The van der Waals surface area contributed by atoms with Gasteiger partial charge in [0, 0.05) is 5.69 Å². The second-order valence-corrected chi connectivity index (χ2v) is 3.57. The number of aryl methyl sites for hydroxylation is 1. The molecule has 0 aliphatic carbocycles. The number of hydrogen-bond donors (Lipinski definition) is 1. The molecule has 0 atom stereocenters. The average Bonchev–Trinajstić information content (AvgIpc) is 2.28. The summed E-state index contributed by atoms with van der Waals surface area (Å²) < 4.78 is 37.7. The minimum atomic E-state index is -4.25. The molecule has 0 aliphatic rings. The molecule has 0 bridgehead atoms. The SMILES string of the molecule is CC.CCc1cccc(NSC(F)(F)F)c1. The monoisotopic (exact) mass is 251 g/mol. The van der Waals surface area contributed by atoms with Gasteiger partial charge in [0.15, 0.2) is 0 Å². The van der Waals surface area contributed by atoms with Crippen molar-refractivity contribution >= 4 is 17.6 Å². The van der Waals surface area contributed by atoms with E-state index in [1.807, 2.05) is 26.8 Å². The summed E-state index contributed by atoms with van der Waals surface area (Å²) in [5.41, 5.74) is -2.76. The van der Waals surface area contributed by atoms with Crippen molar-refractivity contribution in [3.63, 3.8) is 0 Å². The third kappa shape index (κ3) is 6.61. The largest absolute Gasteiger partial charge is 0.461 e. The highest BCUT2D eigenvalue weighted by molar-refractivity contribution is 8.01. The molecule has 5 heteroatoms. The molecular weight excluding hydrogens is 235 g/mol. The van der Waals surface area contributed by atoms with Crippen LogP contribution in [0.15, 0.2) is 24.3 Å². The van der Waals surface area contributed by atoms with E-state index in [1.165, 1.54) is 0 Å². The van der Waals surface area contributed by atoms with Crippen molar-refractivity contribution in [3.05, 3.63) is 29.8 Å². The third-order valence-corrected chi connectivity index (χ3v) is 2.19. The fourth-order valence-electron chi connectivity index (χ4n) is 0.972. The molecule has 0 unspecified atom stereocenters. The quantitative estimate of drug-likeness (QED) is 0.770. The summed E-state index contributed by atoms with van der Waals surface area (Å²) >= 11 is -0.244. The minimum absolute atomic E-state index is 0.244. The number of alkyl halides is 3. The van der Waals surface area contributed by atoms with E-state index in [4.69, 9.17) is 0 Å². The number of rotatable bonds is 3. The lowest BCUT2D eigenvalue weighted by molar-refractivity contribution is -0.0323. The summed E-state index contributed by atoms with van der Waals surface area (Å²) in [7, 11) is 0. The standard InChI is InChI=1S/C9H10F3NS.C2H6/c1-2-7-4-3-5-8(6-7)13-14-9(10,11)12;1-2/h3-6,13H,2H2,1H3;1-2H3. The van der Waals surface area contributed by atoms with Gasteiger partial charge >= 0.3 is 5.51 Å². The molecule has 1 nitrogen and oxygen atoms in total. The molecule has 0 amide bonds. The van der Waals surface area contributed by atoms with E-state index in [1.54, 1.807) is 18.2 Å². The Kier molecular flexibility index (Phi) is 7.05. The van der Waals surface area contributed by atoms with E-state index in [0.29, 0.717) is 5.69 Å². The highest BCUT2D eigenvalue weighted by atomic mass is 32.2. The lowest BCUT2D eigenvalue weighted by Crippen LogP contribution is -2.04. The molecule has 0 fully saturated rings. The van der Waals surface area contributed by atoms with E-state index in [0.717, 1.165) is 12.0 Å². The maximum Gasteiger partial charge on any atom is 0.461 e. The Balaban J connectivity index is 0.00000106. The van der Waals surface area contributed by atoms with Crippen molar-refractivity contribution < 1.29 is 13.2 Å². The zero-order chi connectivity index (χ0) is 12.6. The van der Waals surface area contributed by atoms with E-state index in [2.05, 4.69) is 4.72 Å². The summed E-state index contributed by atoms with van der Waals surface area (Å²) in [6.45, 7) is 5.95. The van der Waals surface area contributed by atoms with Crippen molar-refractivity contribution in [1.29, 1.82) is 0 Å². The summed E-state index contributed by atoms with van der Waals surface area (Å²) in [5.74, 6) is 0. The first-order chi connectivity index (χ1) is 7.51. The van der Waals surface area contributed by atoms with Crippen LogP contribution in [0.2, 0.25) is 0 Å². The maximum atomic E-state index is 11.8. The maximum absolute atomic E-state index is 11.8. The van der Waals surface area contributed by atoms with Crippen molar-refractivity contribution in [1.82, 2.24) is 0 Å². The molecule has 1 N–H and O–H groups in total. The molecule has 0 heterocycles. The van der Waals surface area contributed by atoms with Gasteiger partial charge in [-0.1, -0.05) is 32.9 Å². The normalized spacial score (nSPS) is 10.4. The van der Waals surface area contributed by atoms with Gasteiger partial charge in [0.25, 0.3) is 0 Å². The van der Waals surface area contributed by atoms with Crippen LogP contribution in [0.5, 0.6) is 0 Å². The van der Waals surface area contributed by atoms with Crippen LogP contribution in [-0.2, 0) is 6.42 Å². The van der Waals surface area contributed by atoms with Crippen LogP contribution in [0.4, 0.5) is 18.9 Å². The minimum Gasteiger partial charge on any atom is -0.323 e. The first-order valence-corrected chi connectivity index (χ1v) is 5.92. The number of halogens is 3. The first kappa shape index (κ1) is 15.2. The van der Waals surface area contributed by atoms with Crippen molar-refractivity contribution in [2.45, 2.75) is 32.7 Å². The Morgan fingerprint density at radius 3 is 2.38 bits per heavy atom. The Labute approximate surface area is 98.6 Å². The van der Waals surface area contributed by atoms with Crippen LogP contribution in [0.3, 0.4) is 0 Å². The molecule has 1 aromatic rings. The van der Waals surface area contributed by atoms with Crippen LogP contribution in [0.1, 0.15) is 26.3 Å². The average molecular weight is 251 g/mol. The number of nitrogens with one attached hydrogen (secondary N) is 1. The molecular formula is C11H16F3NS. The molecule has 0 radical (unpaired) electrons. The van der Waals surface area contributed by atoms with Gasteiger partial charge in [-0.15, -0.1) is 0 Å². The molecule has 0 spiro atoms. The van der Waals surface area contributed by atoms with E-state index < -0.39 is 5.51 Å². The molecule has 0 aromatic heterocycles. The zero-order valence-electron chi connectivity index (χ0n) is 9.56. The van der Waals surface area contributed by atoms with Gasteiger partial charge in [0.1, 0.15) is 0 Å². The second kappa shape index (κ2) is 7.44. The lowest BCUT2D eigenvalue weighted by Gasteiger charge is -2.08. The van der Waals surface area contributed by atoms with Gasteiger partial charge < -0.3 is 4.72 Å². The van der Waals surface area contributed by atoms with Crippen molar-refractivity contribution in [3.8, 4) is 0 Å². The van der Waals surface area contributed by atoms with E-state index in [-0.39, 0.29) is 11.9 Å². The molecule has 1 rings (SSSR count). The Morgan fingerprint density at radius 2 is 1.88 bits per heavy atom. The Morgan fingerprint density at radius 1 is 1.25 bits per heavy atom. The summed E-state index contributed by atoms with van der Waals surface area (Å²) in [5, 5.41) is 0. The predicted molar refractivity (Wildman–Crippen MR) is 64.4 cm³/mol. The first-order valence-electron chi connectivity index (χ1n) is 5.11. The highest BCUT2D eigenvalue weighted by Crippen LogP contribution is 2.31. The molecule has 92 valence electrons. The lowest BCUT2D eigenvalue weighted by atomic mass is 10.1. The molecule has 16 heavy (non-hydrogen) atoms. The van der Waals surface area contributed by atoms with E-state index >= 15 is 0 Å². The van der Waals surface area contributed by atoms with Crippen LogP contribution in [0, 0.1) is 0 Å². The highest BCUT2D eigenvalue weighted by Gasteiger charge is 2.28. The van der Waals surface area contributed by atoms with Gasteiger partial charge in [0.2, 0.25) is 0 Å². The predicted octanol–water partition coefficient (Wildman–Crippen LogP) is 4.86. The Hall–Kier alpha value is -0.840. The summed E-state index contributed by atoms with van der Waals surface area (Å²) in [4.78, 5) is 0. The molecule has 0 aliphatic heterocycles. The van der Waals surface area contributed by atoms with Crippen LogP contribution in [0.25, 0.3) is 0 Å². The molecule has 0 saturated heterocycles.